The Balaban J connectivity index is 2.53. The van der Waals surface area contributed by atoms with Gasteiger partial charge in [0.15, 0.2) is 0 Å². The monoisotopic (exact) mass is 307 g/mol. The van der Waals surface area contributed by atoms with E-state index in [4.69, 9.17) is 23.2 Å². The van der Waals surface area contributed by atoms with Gasteiger partial charge in [-0.2, -0.15) is 0 Å². The zero-order chi connectivity index (χ0) is 14.0. The summed E-state index contributed by atoms with van der Waals surface area (Å²) in [7, 11) is 0. The van der Waals surface area contributed by atoms with E-state index in [-0.39, 0.29) is 27.1 Å². The first-order valence-corrected chi connectivity index (χ1v) is 5.78. The molecule has 7 heteroatoms. The standard InChI is InChI=1S/C12H6Cl2F3NO/c13-7-5-9(11(14)18-6-7)8-3-1-2-4-10(8)19-12(15,16)17/h1-6H. The predicted molar refractivity (Wildman–Crippen MR) is 66.4 cm³/mol. The van der Waals surface area contributed by atoms with Crippen LogP contribution in [0.5, 0.6) is 5.75 Å². The first-order valence-electron chi connectivity index (χ1n) is 5.03. The molecule has 0 aliphatic rings. The molecule has 0 unspecified atom stereocenters. The van der Waals surface area contributed by atoms with Crippen molar-refractivity contribution in [3.63, 3.8) is 0 Å². The molecule has 0 amide bonds. The van der Waals surface area contributed by atoms with Crippen molar-refractivity contribution >= 4 is 23.2 Å². The number of para-hydroxylation sites is 1. The van der Waals surface area contributed by atoms with Gasteiger partial charge in [0.2, 0.25) is 0 Å². The molecule has 2 nitrogen and oxygen atoms in total. The van der Waals surface area contributed by atoms with E-state index in [1.54, 1.807) is 6.07 Å². The summed E-state index contributed by atoms with van der Waals surface area (Å²) >= 11 is 11.6. The van der Waals surface area contributed by atoms with E-state index in [9.17, 15) is 13.2 Å². The second-order valence-corrected chi connectivity index (χ2v) is 4.33. The third-order valence-electron chi connectivity index (χ3n) is 2.21. The molecule has 0 spiro atoms. The lowest BCUT2D eigenvalue weighted by atomic mass is 10.1. The van der Waals surface area contributed by atoms with Gasteiger partial charge in [0.1, 0.15) is 10.9 Å². The predicted octanol–water partition coefficient (Wildman–Crippen LogP) is 4.95. The maximum atomic E-state index is 12.3. The van der Waals surface area contributed by atoms with Gasteiger partial charge >= 0.3 is 6.36 Å². The molecule has 0 bridgehead atoms. The molecule has 1 aromatic carbocycles. The van der Waals surface area contributed by atoms with Crippen LogP contribution in [-0.2, 0) is 0 Å². The Labute approximate surface area is 116 Å². The van der Waals surface area contributed by atoms with Gasteiger partial charge in [-0.15, -0.1) is 13.2 Å². The Morgan fingerprint density at radius 2 is 1.74 bits per heavy atom. The number of benzene rings is 1. The van der Waals surface area contributed by atoms with Gasteiger partial charge in [-0.3, -0.25) is 0 Å². The van der Waals surface area contributed by atoms with Gasteiger partial charge in [0.05, 0.1) is 5.02 Å². The highest BCUT2D eigenvalue weighted by Gasteiger charge is 2.32. The molecule has 100 valence electrons. The Hall–Kier alpha value is -1.46. The molecule has 2 aromatic rings. The zero-order valence-electron chi connectivity index (χ0n) is 9.21. The first-order chi connectivity index (χ1) is 8.87. The number of hydrogen-bond acceptors (Lipinski definition) is 2. The molecular weight excluding hydrogens is 302 g/mol. The minimum atomic E-state index is -4.78. The third-order valence-corrected chi connectivity index (χ3v) is 2.72. The fraction of sp³-hybridized carbons (Fsp3) is 0.0833. The van der Waals surface area contributed by atoms with Crippen molar-refractivity contribution in [1.82, 2.24) is 4.98 Å². The molecule has 19 heavy (non-hydrogen) atoms. The van der Waals surface area contributed by atoms with Gasteiger partial charge in [0.25, 0.3) is 0 Å². The topological polar surface area (TPSA) is 22.1 Å². The highest BCUT2D eigenvalue weighted by molar-refractivity contribution is 6.34. The average Bonchev–Trinajstić information content (AvgIpc) is 2.31. The van der Waals surface area contributed by atoms with Gasteiger partial charge in [-0.1, -0.05) is 41.4 Å². The fourth-order valence-electron chi connectivity index (χ4n) is 1.51. The van der Waals surface area contributed by atoms with Gasteiger partial charge in [-0.05, 0) is 12.1 Å². The number of halogens is 5. The average molecular weight is 308 g/mol. The SMILES string of the molecule is FC(F)(F)Oc1ccccc1-c1cc(Cl)cnc1Cl. The van der Waals surface area contributed by atoms with Crippen LogP contribution in [0.4, 0.5) is 13.2 Å². The number of ether oxygens (including phenoxy) is 1. The van der Waals surface area contributed by atoms with E-state index in [0.29, 0.717) is 0 Å². The molecule has 0 N–H and O–H groups in total. The smallest absolute Gasteiger partial charge is 0.405 e. The molecule has 0 saturated heterocycles. The van der Waals surface area contributed by atoms with Crippen molar-refractivity contribution in [3.8, 4) is 16.9 Å². The van der Waals surface area contributed by atoms with Gasteiger partial charge in [0, 0.05) is 17.3 Å². The number of alkyl halides is 3. The number of rotatable bonds is 2. The van der Waals surface area contributed by atoms with Crippen LogP contribution in [0.2, 0.25) is 10.2 Å². The van der Waals surface area contributed by atoms with Gasteiger partial charge in [-0.25, -0.2) is 4.98 Å². The van der Waals surface area contributed by atoms with Crippen LogP contribution >= 0.6 is 23.2 Å². The van der Waals surface area contributed by atoms with Crippen LogP contribution in [0.1, 0.15) is 0 Å². The second-order valence-electron chi connectivity index (χ2n) is 3.54. The Morgan fingerprint density at radius 1 is 1.05 bits per heavy atom. The molecule has 0 saturated carbocycles. The third kappa shape index (κ3) is 3.52. The van der Waals surface area contributed by atoms with E-state index in [1.807, 2.05) is 0 Å². The number of pyridine rings is 1. The minimum absolute atomic E-state index is 0.0441. The summed E-state index contributed by atoms with van der Waals surface area (Å²) in [5.74, 6) is -0.360. The van der Waals surface area contributed by atoms with Crippen LogP contribution < -0.4 is 4.74 Å². The molecule has 0 fully saturated rings. The van der Waals surface area contributed by atoms with Crippen molar-refractivity contribution in [2.24, 2.45) is 0 Å². The Kier molecular flexibility index (Phi) is 3.87. The van der Waals surface area contributed by atoms with Crippen molar-refractivity contribution in [3.05, 3.63) is 46.7 Å². The molecule has 0 atom stereocenters. The van der Waals surface area contributed by atoms with Gasteiger partial charge < -0.3 is 4.74 Å². The van der Waals surface area contributed by atoms with E-state index in [0.717, 1.165) is 0 Å². The van der Waals surface area contributed by atoms with Crippen molar-refractivity contribution in [2.45, 2.75) is 6.36 Å². The lowest BCUT2D eigenvalue weighted by Gasteiger charge is -2.13. The van der Waals surface area contributed by atoms with E-state index in [2.05, 4.69) is 9.72 Å². The molecule has 0 radical (unpaired) electrons. The van der Waals surface area contributed by atoms with E-state index >= 15 is 0 Å². The number of aromatic nitrogens is 1. The fourth-order valence-corrected chi connectivity index (χ4v) is 1.88. The Morgan fingerprint density at radius 3 is 2.42 bits per heavy atom. The van der Waals surface area contributed by atoms with Crippen LogP contribution in [0.25, 0.3) is 11.1 Å². The molecule has 0 aliphatic carbocycles. The molecular formula is C12H6Cl2F3NO. The Bertz CT molecular complexity index is 602. The minimum Gasteiger partial charge on any atom is -0.405 e. The summed E-state index contributed by atoms with van der Waals surface area (Å²) in [6, 6.07) is 7.06. The molecule has 1 heterocycles. The lowest BCUT2D eigenvalue weighted by molar-refractivity contribution is -0.274. The largest absolute Gasteiger partial charge is 0.573 e. The summed E-state index contributed by atoms with van der Waals surface area (Å²) in [5.41, 5.74) is 0.439. The van der Waals surface area contributed by atoms with Crippen LogP contribution in [-0.4, -0.2) is 11.3 Å². The summed E-state index contributed by atoms with van der Waals surface area (Å²) in [6.45, 7) is 0. The highest BCUT2D eigenvalue weighted by Crippen LogP contribution is 2.37. The highest BCUT2D eigenvalue weighted by atomic mass is 35.5. The number of nitrogens with zero attached hydrogens (tertiary/aromatic N) is 1. The zero-order valence-corrected chi connectivity index (χ0v) is 10.7. The normalized spacial score (nSPS) is 11.4. The van der Waals surface area contributed by atoms with Crippen LogP contribution in [0.3, 0.4) is 0 Å². The number of hydrogen-bond donors (Lipinski definition) is 0. The summed E-state index contributed by atoms with van der Waals surface area (Å²) in [5, 5.41) is 0.309. The summed E-state index contributed by atoms with van der Waals surface area (Å²) in [6.07, 6.45) is -3.48. The molecule has 0 aliphatic heterocycles. The second kappa shape index (κ2) is 5.27. The van der Waals surface area contributed by atoms with Crippen molar-refractivity contribution in [1.29, 1.82) is 0 Å². The maximum Gasteiger partial charge on any atom is 0.573 e. The quantitative estimate of drug-likeness (QED) is 0.732. The van der Waals surface area contributed by atoms with E-state index in [1.165, 1.54) is 30.5 Å². The molecule has 1 aromatic heterocycles. The molecule has 2 rings (SSSR count). The summed E-state index contributed by atoms with van der Waals surface area (Å²) in [4.78, 5) is 3.79. The van der Waals surface area contributed by atoms with Crippen molar-refractivity contribution in [2.75, 3.05) is 0 Å². The summed E-state index contributed by atoms with van der Waals surface area (Å²) < 4.78 is 40.9. The van der Waals surface area contributed by atoms with Crippen LogP contribution in [0, 0.1) is 0 Å². The van der Waals surface area contributed by atoms with Crippen molar-refractivity contribution < 1.29 is 17.9 Å². The first kappa shape index (κ1) is 14.0. The lowest BCUT2D eigenvalue weighted by Crippen LogP contribution is -2.17. The maximum absolute atomic E-state index is 12.3. The van der Waals surface area contributed by atoms with Crippen LogP contribution in [0.15, 0.2) is 36.5 Å². The van der Waals surface area contributed by atoms with E-state index < -0.39 is 6.36 Å².